The number of rotatable bonds is 3. The van der Waals surface area contributed by atoms with Crippen molar-refractivity contribution in [2.75, 3.05) is 4.90 Å². The molecule has 1 amide bonds. The number of hydrogen-bond donors (Lipinski definition) is 0. The number of pyridine rings is 1. The number of amides is 1. The lowest BCUT2D eigenvalue weighted by Gasteiger charge is -2.23. The monoisotopic (exact) mass is 412 g/mol. The van der Waals surface area contributed by atoms with Crippen LogP contribution in [0.1, 0.15) is 28.4 Å². The van der Waals surface area contributed by atoms with Crippen LogP contribution in [-0.4, -0.2) is 16.5 Å². The molecule has 0 N–H and O–H groups in total. The summed E-state index contributed by atoms with van der Waals surface area (Å²) >= 11 is 12.2. The van der Waals surface area contributed by atoms with Crippen molar-refractivity contribution in [1.29, 1.82) is 0 Å². The number of anilines is 1. The third-order valence-electron chi connectivity index (χ3n) is 5.01. The van der Waals surface area contributed by atoms with E-state index in [0.717, 1.165) is 23.2 Å². The van der Waals surface area contributed by atoms with Crippen LogP contribution in [0.5, 0.6) is 0 Å². The molecule has 0 saturated heterocycles. The fourth-order valence-corrected chi connectivity index (χ4v) is 4.10. The van der Waals surface area contributed by atoms with Gasteiger partial charge in [0, 0.05) is 34.0 Å². The first-order valence-corrected chi connectivity index (χ1v) is 9.75. The number of carbonyl (C=O) groups excluding carboxylic acids is 1. The van der Waals surface area contributed by atoms with Gasteiger partial charge in [0.25, 0.3) is 11.5 Å². The molecule has 0 bridgehead atoms. The molecule has 0 unspecified atom stereocenters. The Morgan fingerprint density at radius 1 is 1.11 bits per heavy atom. The lowest BCUT2D eigenvalue weighted by atomic mass is 10.1. The number of hydrogen-bond acceptors (Lipinski definition) is 2. The summed E-state index contributed by atoms with van der Waals surface area (Å²) in [6, 6.07) is 16.1. The highest BCUT2D eigenvalue weighted by atomic mass is 35.5. The number of carbonyl (C=O) groups is 1. The van der Waals surface area contributed by atoms with Gasteiger partial charge in [-0.1, -0.05) is 47.5 Å². The molecule has 1 aliphatic rings. The summed E-state index contributed by atoms with van der Waals surface area (Å²) in [4.78, 5) is 27.3. The molecular weight excluding hydrogens is 395 g/mol. The van der Waals surface area contributed by atoms with Crippen molar-refractivity contribution in [3.63, 3.8) is 0 Å². The topological polar surface area (TPSA) is 42.3 Å². The van der Waals surface area contributed by atoms with Crippen LogP contribution < -0.4 is 10.5 Å². The third kappa shape index (κ3) is 3.46. The molecule has 0 radical (unpaired) electrons. The Morgan fingerprint density at radius 2 is 1.89 bits per heavy atom. The van der Waals surface area contributed by atoms with E-state index in [1.165, 1.54) is 10.6 Å². The Hall–Kier alpha value is -2.56. The Kier molecular flexibility index (Phi) is 5.00. The maximum Gasteiger partial charge on any atom is 0.260 e. The average molecular weight is 413 g/mol. The van der Waals surface area contributed by atoms with Crippen LogP contribution in [0, 0.1) is 0 Å². The van der Waals surface area contributed by atoms with Crippen LogP contribution >= 0.6 is 23.2 Å². The molecule has 3 aromatic rings. The molecule has 1 aliphatic heterocycles. The predicted molar refractivity (Wildman–Crippen MR) is 113 cm³/mol. The van der Waals surface area contributed by atoms with Gasteiger partial charge in [0.15, 0.2) is 0 Å². The highest BCUT2D eigenvalue weighted by Crippen LogP contribution is 2.33. The Labute approximate surface area is 172 Å². The number of nitrogens with zero attached hydrogens (tertiary/aromatic N) is 2. The van der Waals surface area contributed by atoms with Crippen molar-refractivity contribution in [2.45, 2.75) is 25.9 Å². The number of halogens is 2. The maximum atomic E-state index is 13.2. The van der Waals surface area contributed by atoms with Crippen molar-refractivity contribution in [2.24, 2.45) is 0 Å². The minimum atomic E-state index is -0.197. The van der Waals surface area contributed by atoms with E-state index >= 15 is 0 Å². The quantitative estimate of drug-likeness (QED) is 0.620. The SMILES string of the molecule is C[C@@H]1Cc2ccccc2N1C(=O)c1ccc(=O)n(Cc2ccc(Cl)cc2Cl)c1. The maximum absolute atomic E-state index is 13.2. The Balaban J connectivity index is 1.67. The Bertz CT molecular complexity index is 1120. The van der Waals surface area contributed by atoms with Gasteiger partial charge in [0.1, 0.15) is 0 Å². The summed E-state index contributed by atoms with van der Waals surface area (Å²) in [5.41, 5.74) is 3.12. The van der Waals surface area contributed by atoms with E-state index in [0.29, 0.717) is 15.6 Å². The molecule has 0 aliphatic carbocycles. The van der Waals surface area contributed by atoms with Gasteiger partial charge in [-0.25, -0.2) is 0 Å². The van der Waals surface area contributed by atoms with Crippen molar-refractivity contribution in [3.8, 4) is 0 Å². The smallest absolute Gasteiger partial charge is 0.260 e. The van der Waals surface area contributed by atoms with Crippen LogP contribution in [0.15, 0.2) is 65.6 Å². The van der Waals surface area contributed by atoms with Crippen molar-refractivity contribution < 1.29 is 4.79 Å². The zero-order valence-electron chi connectivity index (χ0n) is 15.2. The lowest BCUT2D eigenvalue weighted by molar-refractivity contribution is 0.0980. The van der Waals surface area contributed by atoms with Crippen LogP contribution in [-0.2, 0) is 13.0 Å². The van der Waals surface area contributed by atoms with Crippen LogP contribution in [0.4, 0.5) is 5.69 Å². The molecule has 1 aromatic heterocycles. The fourth-order valence-electron chi connectivity index (χ4n) is 3.63. The summed E-state index contributed by atoms with van der Waals surface area (Å²) in [5.74, 6) is -0.117. The molecule has 1 atom stereocenters. The minimum absolute atomic E-state index is 0.0657. The summed E-state index contributed by atoms with van der Waals surface area (Å²) < 4.78 is 1.50. The third-order valence-corrected chi connectivity index (χ3v) is 5.60. The molecule has 4 nitrogen and oxygen atoms in total. The standard InChI is InChI=1S/C22H18Cl2N2O2/c1-14-10-15-4-2-3-5-20(15)26(14)22(28)17-7-9-21(27)25(13-17)12-16-6-8-18(23)11-19(16)24/h2-9,11,13-14H,10,12H2,1H3/t14-/m1/s1. The fraction of sp³-hybridized carbons (Fsp3) is 0.182. The van der Waals surface area contributed by atoms with E-state index in [2.05, 4.69) is 0 Å². The Morgan fingerprint density at radius 3 is 2.68 bits per heavy atom. The lowest BCUT2D eigenvalue weighted by Crippen LogP contribution is -2.36. The average Bonchev–Trinajstić information content (AvgIpc) is 3.00. The predicted octanol–water partition coefficient (Wildman–Crippen LogP) is 4.79. The zero-order chi connectivity index (χ0) is 19.8. The second kappa shape index (κ2) is 7.46. The van der Waals surface area contributed by atoms with E-state index in [1.807, 2.05) is 31.2 Å². The molecule has 142 valence electrons. The van der Waals surface area contributed by atoms with Crippen LogP contribution in [0.3, 0.4) is 0 Å². The van der Waals surface area contributed by atoms with E-state index in [-0.39, 0.29) is 24.1 Å². The minimum Gasteiger partial charge on any atom is -0.310 e. The van der Waals surface area contributed by atoms with Gasteiger partial charge in [0.05, 0.1) is 12.1 Å². The van der Waals surface area contributed by atoms with Gasteiger partial charge < -0.3 is 9.47 Å². The van der Waals surface area contributed by atoms with Gasteiger partial charge >= 0.3 is 0 Å². The van der Waals surface area contributed by atoms with E-state index in [1.54, 1.807) is 35.4 Å². The number of fused-ring (bicyclic) bond motifs is 1. The van der Waals surface area contributed by atoms with Gasteiger partial charge in [-0.3, -0.25) is 9.59 Å². The number of benzene rings is 2. The van der Waals surface area contributed by atoms with Crippen LogP contribution in [0.2, 0.25) is 10.0 Å². The second-order valence-corrected chi connectivity index (χ2v) is 7.82. The molecule has 2 heterocycles. The second-order valence-electron chi connectivity index (χ2n) is 6.98. The van der Waals surface area contributed by atoms with Crippen molar-refractivity contribution in [3.05, 3.63) is 97.9 Å². The van der Waals surface area contributed by atoms with Crippen molar-refractivity contribution >= 4 is 34.8 Å². The summed E-state index contributed by atoms with van der Waals surface area (Å²) in [6.45, 7) is 2.30. The first-order chi connectivity index (χ1) is 13.4. The highest BCUT2D eigenvalue weighted by molar-refractivity contribution is 6.35. The summed E-state index contributed by atoms with van der Waals surface area (Å²) in [7, 11) is 0. The molecule has 2 aromatic carbocycles. The van der Waals surface area contributed by atoms with Gasteiger partial charge in [-0.15, -0.1) is 0 Å². The van der Waals surface area contributed by atoms with E-state index < -0.39 is 0 Å². The van der Waals surface area contributed by atoms with E-state index in [4.69, 9.17) is 23.2 Å². The molecule has 0 saturated carbocycles. The highest BCUT2D eigenvalue weighted by Gasteiger charge is 2.31. The summed E-state index contributed by atoms with van der Waals surface area (Å²) in [6.07, 6.45) is 2.42. The number of para-hydroxylation sites is 1. The molecule has 6 heteroatoms. The molecule has 28 heavy (non-hydrogen) atoms. The normalized spacial score (nSPS) is 15.5. The van der Waals surface area contributed by atoms with Gasteiger partial charge in [-0.05, 0) is 48.7 Å². The number of aromatic nitrogens is 1. The van der Waals surface area contributed by atoms with Crippen molar-refractivity contribution in [1.82, 2.24) is 4.57 Å². The van der Waals surface area contributed by atoms with E-state index in [9.17, 15) is 9.59 Å². The zero-order valence-corrected chi connectivity index (χ0v) is 16.7. The molecule has 4 rings (SSSR count). The first-order valence-electron chi connectivity index (χ1n) is 9.00. The summed E-state index contributed by atoms with van der Waals surface area (Å²) in [5, 5.41) is 1.02. The molecule has 0 fully saturated rings. The van der Waals surface area contributed by atoms with Gasteiger partial charge in [-0.2, -0.15) is 0 Å². The molecule has 0 spiro atoms. The largest absolute Gasteiger partial charge is 0.310 e. The van der Waals surface area contributed by atoms with Crippen LogP contribution in [0.25, 0.3) is 0 Å². The molecular formula is C22H18Cl2N2O2. The van der Waals surface area contributed by atoms with Gasteiger partial charge in [0.2, 0.25) is 0 Å². The first kappa shape index (κ1) is 18.8.